The van der Waals surface area contributed by atoms with E-state index in [1.165, 1.54) is 11.1 Å². The Morgan fingerprint density at radius 2 is 1.93 bits per heavy atom. The first kappa shape index (κ1) is 11.1. The Hall–Kier alpha value is -1.02. The van der Waals surface area contributed by atoms with Gasteiger partial charge in [-0.1, -0.05) is 6.07 Å². The standard InChI is InChI=1S/C12H19NO/c1-5-13(11(4)14)12-7-6-9(2)10(3)8-12/h6-8,11,14H,5H2,1-4H3. The molecule has 0 aromatic heterocycles. The first-order valence-electron chi connectivity index (χ1n) is 5.08. The molecule has 0 heterocycles. The lowest BCUT2D eigenvalue weighted by atomic mass is 10.1. The lowest BCUT2D eigenvalue weighted by molar-refractivity contribution is 0.190. The molecule has 1 N–H and O–H groups in total. The molecule has 14 heavy (non-hydrogen) atoms. The van der Waals surface area contributed by atoms with Crippen molar-refractivity contribution in [2.75, 3.05) is 11.4 Å². The molecule has 2 heteroatoms. The molecular weight excluding hydrogens is 174 g/mol. The number of benzene rings is 1. The molecule has 0 radical (unpaired) electrons. The average molecular weight is 193 g/mol. The zero-order valence-electron chi connectivity index (χ0n) is 9.41. The Balaban J connectivity index is 3.00. The van der Waals surface area contributed by atoms with Crippen LogP contribution in [0.15, 0.2) is 18.2 Å². The van der Waals surface area contributed by atoms with E-state index in [1.54, 1.807) is 6.92 Å². The van der Waals surface area contributed by atoms with Crippen LogP contribution in [0.25, 0.3) is 0 Å². The van der Waals surface area contributed by atoms with Gasteiger partial charge in [-0.2, -0.15) is 0 Å². The van der Waals surface area contributed by atoms with Crippen molar-refractivity contribution < 1.29 is 5.11 Å². The van der Waals surface area contributed by atoms with E-state index < -0.39 is 6.23 Å². The van der Waals surface area contributed by atoms with Gasteiger partial charge in [-0.3, -0.25) is 0 Å². The molecule has 0 aliphatic carbocycles. The summed E-state index contributed by atoms with van der Waals surface area (Å²) in [6, 6.07) is 6.26. The molecule has 1 unspecified atom stereocenters. The van der Waals surface area contributed by atoms with E-state index in [2.05, 4.69) is 32.0 Å². The number of hydrogen-bond donors (Lipinski definition) is 1. The predicted octanol–water partition coefficient (Wildman–Crippen LogP) is 2.47. The third kappa shape index (κ3) is 2.26. The molecule has 0 aliphatic heterocycles. The van der Waals surface area contributed by atoms with Crippen molar-refractivity contribution in [1.29, 1.82) is 0 Å². The van der Waals surface area contributed by atoms with Crippen LogP contribution in [0, 0.1) is 13.8 Å². The van der Waals surface area contributed by atoms with Crippen LogP contribution in [0.4, 0.5) is 5.69 Å². The number of aliphatic hydroxyl groups is 1. The molecule has 0 bridgehead atoms. The number of anilines is 1. The second-order valence-electron chi connectivity index (χ2n) is 3.69. The van der Waals surface area contributed by atoms with E-state index in [0.717, 1.165) is 12.2 Å². The zero-order valence-corrected chi connectivity index (χ0v) is 9.41. The Morgan fingerprint density at radius 3 is 2.36 bits per heavy atom. The second-order valence-corrected chi connectivity index (χ2v) is 3.69. The minimum atomic E-state index is -0.429. The van der Waals surface area contributed by atoms with Gasteiger partial charge in [0.1, 0.15) is 6.23 Å². The van der Waals surface area contributed by atoms with Crippen LogP contribution in [-0.2, 0) is 0 Å². The normalized spacial score (nSPS) is 12.6. The largest absolute Gasteiger partial charge is 0.374 e. The van der Waals surface area contributed by atoms with Crippen LogP contribution in [-0.4, -0.2) is 17.9 Å². The summed E-state index contributed by atoms with van der Waals surface area (Å²) in [5.41, 5.74) is 3.64. The Morgan fingerprint density at radius 1 is 1.29 bits per heavy atom. The second kappa shape index (κ2) is 4.47. The Kier molecular flexibility index (Phi) is 3.53. The molecule has 0 saturated heterocycles. The van der Waals surface area contributed by atoms with Crippen LogP contribution >= 0.6 is 0 Å². The highest BCUT2D eigenvalue weighted by Gasteiger charge is 2.09. The van der Waals surface area contributed by atoms with Gasteiger partial charge >= 0.3 is 0 Å². The van der Waals surface area contributed by atoms with Crippen LogP contribution in [0.3, 0.4) is 0 Å². The lowest BCUT2D eigenvalue weighted by Gasteiger charge is -2.26. The van der Waals surface area contributed by atoms with E-state index in [1.807, 2.05) is 11.8 Å². The smallest absolute Gasteiger partial charge is 0.124 e. The molecule has 0 amide bonds. The van der Waals surface area contributed by atoms with E-state index in [0.29, 0.717) is 0 Å². The number of aryl methyl sites for hydroxylation is 2. The van der Waals surface area contributed by atoms with Gasteiger partial charge in [0.2, 0.25) is 0 Å². The monoisotopic (exact) mass is 193 g/mol. The highest BCUT2D eigenvalue weighted by molar-refractivity contribution is 5.50. The SMILES string of the molecule is CCN(c1ccc(C)c(C)c1)C(C)O. The van der Waals surface area contributed by atoms with Crippen LogP contribution in [0.5, 0.6) is 0 Å². The molecule has 0 spiro atoms. The molecule has 1 aromatic rings. The number of hydrogen-bond acceptors (Lipinski definition) is 2. The quantitative estimate of drug-likeness (QED) is 0.745. The van der Waals surface area contributed by atoms with E-state index in [9.17, 15) is 5.11 Å². The van der Waals surface area contributed by atoms with Crippen molar-refractivity contribution in [3.63, 3.8) is 0 Å². The van der Waals surface area contributed by atoms with Gasteiger partial charge in [0.15, 0.2) is 0 Å². The fourth-order valence-corrected chi connectivity index (χ4v) is 1.57. The Bertz CT molecular complexity index is 307. The first-order valence-corrected chi connectivity index (χ1v) is 5.08. The number of aliphatic hydroxyl groups excluding tert-OH is 1. The summed E-state index contributed by atoms with van der Waals surface area (Å²) in [5, 5.41) is 9.55. The topological polar surface area (TPSA) is 23.5 Å². The molecule has 2 nitrogen and oxygen atoms in total. The number of nitrogens with zero attached hydrogens (tertiary/aromatic N) is 1. The van der Waals surface area contributed by atoms with Crippen LogP contribution in [0.2, 0.25) is 0 Å². The fourth-order valence-electron chi connectivity index (χ4n) is 1.57. The predicted molar refractivity (Wildman–Crippen MR) is 60.6 cm³/mol. The molecule has 0 aliphatic rings. The van der Waals surface area contributed by atoms with Crippen LogP contribution < -0.4 is 4.90 Å². The maximum absolute atomic E-state index is 9.55. The van der Waals surface area contributed by atoms with Crippen molar-refractivity contribution in [2.45, 2.75) is 33.9 Å². The zero-order chi connectivity index (χ0) is 10.7. The van der Waals surface area contributed by atoms with E-state index in [-0.39, 0.29) is 0 Å². The van der Waals surface area contributed by atoms with Gasteiger partial charge in [-0.25, -0.2) is 0 Å². The molecule has 1 aromatic carbocycles. The highest BCUT2D eigenvalue weighted by Crippen LogP contribution is 2.19. The van der Waals surface area contributed by atoms with Gasteiger partial charge in [-0.15, -0.1) is 0 Å². The molecular formula is C12H19NO. The van der Waals surface area contributed by atoms with Gasteiger partial charge in [0.25, 0.3) is 0 Å². The molecule has 0 saturated carbocycles. The molecule has 78 valence electrons. The van der Waals surface area contributed by atoms with Crippen molar-refractivity contribution in [1.82, 2.24) is 0 Å². The van der Waals surface area contributed by atoms with Crippen LogP contribution in [0.1, 0.15) is 25.0 Å². The summed E-state index contributed by atoms with van der Waals surface area (Å²) < 4.78 is 0. The summed E-state index contributed by atoms with van der Waals surface area (Å²) in [4.78, 5) is 1.96. The highest BCUT2D eigenvalue weighted by atomic mass is 16.3. The summed E-state index contributed by atoms with van der Waals surface area (Å²) in [5.74, 6) is 0. The molecule has 1 atom stereocenters. The summed E-state index contributed by atoms with van der Waals surface area (Å²) in [6.45, 7) is 8.84. The Labute approximate surface area is 86.2 Å². The summed E-state index contributed by atoms with van der Waals surface area (Å²) in [6.07, 6.45) is -0.429. The number of rotatable bonds is 3. The van der Waals surface area contributed by atoms with E-state index >= 15 is 0 Å². The maximum atomic E-state index is 9.55. The van der Waals surface area contributed by atoms with Gasteiger partial charge in [-0.05, 0) is 51.0 Å². The van der Waals surface area contributed by atoms with Crippen molar-refractivity contribution >= 4 is 5.69 Å². The average Bonchev–Trinajstić information content (AvgIpc) is 2.11. The van der Waals surface area contributed by atoms with Crippen molar-refractivity contribution in [2.24, 2.45) is 0 Å². The van der Waals surface area contributed by atoms with Gasteiger partial charge < -0.3 is 10.0 Å². The minimum Gasteiger partial charge on any atom is -0.374 e. The van der Waals surface area contributed by atoms with Crippen molar-refractivity contribution in [3.8, 4) is 0 Å². The lowest BCUT2D eigenvalue weighted by Crippen LogP contribution is -2.32. The van der Waals surface area contributed by atoms with Gasteiger partial charge in [0, 0.05) is 12.2 Å². The first-order chi connectivity index (χ1) is 6.56. The van der Waals surface area contributed by atoms with Gasteiger partial charge in [0.05, 0.1) is 0 Å². The van der Waals surface area contributed by atoms with E-state index in [4.69, 9.17) is 0 Å². The van der Waals surface area contributed by atoms with Crippen molar-refractivity contribution in [3.05, 3.63) is 29.3 Å². The molecule has 0 fully saturated rings. The third-order valence-electron chi connectivity index (χ3n) is 2.61. The third-order valence-corrected chi connectivity index (χ3v) is 2.61. The maximum Gasteiger partial charge on any atom is 0.124 e. The fraction of sp³-hybridized carbons (Fsp3) is 0.500. The summed E-state index contributed by atoms with van der Waals surface area (Å²) >= 11 is 0. The molecule has 1 rings (SSSR count). The summed E-state index contributed by atoms with van der Waals surface area (Å²) in [7, 11) is 0. The minimum absolute atomic E-state index is 0.429.